The molecule has 0 aliphatic carbocycles. The van der Waals surface area contributed by atoms with E-state index in [1.54, 1.807) is 0 Å². The molecule has 3 rings (SSSR count). The third-order valence-corrected chi connectivity index (χ3v) is 3.54. The molecule has 0 aromatic heterocycles. The maximum absolute atomic E-state index is 12.7. The Morgan fingerprint density at radius 2 is 0.955 bits per heavy atom. The van der Waals surface area contributed by atoms with Gasteiger partial charge in [0.25, 0.3) is 0 Å². The molecule has 0 amide bonds. The van der Waals surface area contributed by atoms with Gasteiger partial charge in [-0.05, 0) is 34.4 Å². The van der Waals surface area contributed by atoms with Crippen LogP contribution in [-0.2, 0) is 6.18 Å². The number of hydrogen-bond acceptors (Lipinski definition) is 0. The lowest BCUT2D eigenvalue weighted by molar-refractivity contribution is -0.137. The Labute approximate surface area is 126 Å². The second kappa shape index (κ2) is 5.68. The fraction of sp³-hybridized carbons (Fsp3) is 0.0526. The van der Waals surface area contributed by atoms with Crippen LogP contribution in [0.3, 0.4) is 0 Å². The van der Waals surface area contributed by atoms with Crippen molar-refractivity contribution in [1.82, 2.24) is 0 Å². The Morgan fingerprint density at radius 3 is 1.45 bits per heavy atom. The molecule has 0 saturated carbocycles. The highest BCUT2D eigenvalue weighted by Gasteiger charge is 2.30. The van der Waals surface area contributed by atoms with Gasteiger partial charge in [0.05, 0.1) is 5.56 Å². The van der Waals surface area contributed by atoms with Crippen LogP contribution < -0.4 is 0 Å². The highest BCUT2D eigenvalue weighted by Crippen LogP contribution is 2.34. The van der Waals surface area contributed by atoms with Crippen molar-refractivity contribution in [2.45, 2.75) is 6.18 Å². The van der Waals surface area contributed by atoms with Crippen LogP contribution >= 0.6 is 0 Å². The molecular formula is C19H13F3. The van der Waals surface area contributed by atoms with Crippen molar-refractivity contribution < 1.29 is 13.2 Å². The number of rotatable bonds is 2. The predicted molar refractivity (Wildman–Crippen MR) is 82.3 cm³/mol. The van der Waals surface area contributed by atoms with Gasteiger partial charge in [0, 0.05) is 0 Å². The summed E-state index contributed by atoms with van der Waals surface area (Å²) in [4.78, 5) is 0. The molecule has 0 aliphatic heterocycles. The van der Waals surface area contributed by atoms with E-state index < -0.39 is 11.7 Å². The molecule has 3 aromatic rings. The maximum Gasteiger partial charge on any atom is 0.416 e. The van der Waals surface area contributed by atoms with Crippen molar-refractivity contribution in [2.24, 2.45) is 0 Å². The van der Waals surface area contributed by atoms with Gasteiger partial charge in [-0.15, -0.1) is 0 Å². The van der Waals surface area contributed by atoms with Crippen LogP contribution in [-0.4, -0.2) is 0 Å². The van der Waals surface area contributed by atoms with Gasteiger partial charge in [0.15, 0.2) is 0 Å². The summed E-state index contributed by atoms with van der Waals surface area (Å²) in [6.07, 6.45) is -4.31. The van der Waals surface area contributed by atoms with Gasteiger partial charge in [-0.25, -0.2) is 0 Å². The lowest BCUT2D eigenvalue weighted by Gasteiger charge is -2.11. The molecule has 0 nitrogen and oxygen atoms in total. The highest BCUT2D eigenvalue weighted by atomic mass is 19.4. The zero-order chi connectivity index (χ0) is 15.6. The quantitative estimate of drug-likeness (QED) is 0.541. The average molecular weight is 298 g/mol. The first-order chi connectivity index (χ1) is 10.6. The van der Waals surface area contributed by atoms with Gasteiger partial charge < -0.3 is 0 Å². The minimum Gasteiger partial charge on any atom is -0.166 e. The SMILES string of the molecule is FC(F)(F)c1ccc(-c2ccccc2-c2ccccc2)cc1. The van der Waals surface area contributed by atoms with E-state index in [4.69, 9.17) is 0 Å². The molecule has 0 fully saturated rings. The van der Waals surface area contributed by atoms with Crippen LogP contribution in [0.1, 0.15) is 5.56 Å². The van der Waals surface area contributed by atoms with Crippen LogP contribution in [0.5, 0.6) is 0 Å². The Kier molecular flexibility index (Phi) is 3.72. The van der Waals surface area contributed by atoms with Crippen LogP contribution in [0.15, 0.2) is 78.9 Å². The van der Waals surface area contributed by atoms with E-state index in [1.807, 2.05) is 54.6 Å². The summed E-state index contributed by atoms with van der Waals surface area (Å²) in [6, 6.07) is 22.8. The number of halogens is 3. The van der Waals surface area contributed by atoms with E-state index in [2.05, 4.69) is 0 Å². The smallest absolute Gasteiger partial charge is 0.166 e. The predicted octanol–water partition coefficient (Wildman–Crippen LogP) is 6.04. The molecule has 0 unspecified atom stereocenters. The average Bonchev–Trinajstić information content (AvgIpc) is 2.55. The summed E-state index contributed by atoms with van der Waals surface area (Å²) < 4.78 is 38.0. The van der Waals surface area contributed by atoms with Crippen molar-refractivity contribution in [3.8, 4) is 22.3 Å². The molecule has 0 atom stereocenters. The third kappa shape index (κ3) is 2.89. The molecule has 3 aromatic carbocycles. The first-order valence-electron chi connectivity index (χ1n) is 6.88. The van der Waals surface area contributed by atoms with Gasteiger partial charge in [-0.3, -0.25) is 0 Å². The van der Waals surface area contributed by atoms with Crippen LogP contribution in [0.2, 0.25) is 0 Å². The molecule has 0 radical (unpaired) electrons. The van der Waals surface area contributed by atoms with Gasteiger partial charge in [-0.1, -0.05) is 66.7 Å². The second-order valence-corrected chi connectivity index (χ2v) is 4.99. The summed E-state index contributed by atoms with van der Waals surface area (Å²) in [7, 11) is 0. The highest BCUT2D eigenvalue weighted by molar-refractivity contribution is 5.83. The fourth-order valence-electron chi connectivity index (χ4n) is 2.44. The zero-order valence-corrected chi connectivity index (χ0v) is 11.6. The van der Waals surface area contributed by atoms with Crippen LogP contribution in [0.25, 0.3) is 22.3 Å². The summed E-state index contributed by atoms with van der Waals surface area (Å²) in [5.41, 5.74) is 3.10. The molecule has 110 valence electrons. The van der Waals surface area contributed by atoms with E-state index in [0.717, 1.165) is 34.4 Å². The lowest BCUT2D eigenvalue weighted by atomic mass is 9.94. The number of hydrogen-bond donors (Lipinski definition) is 0. The van der Waals surface area contributed by atoms with Crippen molar-refractivity contribution >= 4 is 0 Å². The third-order valence-electron chi connectivity index (χ3n) is 3.54. The monoisotopic (exact) mass is 298 g/mol. The topological polar surface area (TPSA) is 0 Å². The van der Waals surface area contributed by atoms with Gasteiger partial charge in [0.1, 0.15) is 0 Å². The summed E-state index contributed by atoms with van der Waals surface area (Å²) >= 11 is 0. The van der Waals surface area contributed by atoms with Crippen LogP contribution in [0, 0.1) is 0 Å². The standard InChI is InChI=1S/C19H13F3/c20-19(21,22)16-12-10-15(11-13-16)18-9-5-4-8-17(18)14-6-2-1-3-7-14/h1-13H. The normalized spacial score (nSPS) is 11.4. The largest absolute Gasteiger partial charge is 0.416 e. The summed E-state index contributed by atoms with van der Waals surface area (Å²) in [5, 5.41) is 0. The van der Waals surface area contributed by atoms with E-state index in [1.165, 1.54) is 12.1 Å². The Bertz CT molecular complexity index is 757. The van der Waals surface area contributed by atoms with E-state index in [-0.39, 0.29) is 0 Å². The van der Waals surface area contributed by atoms with Crippen molar-refractivity contribution in [3.63, 3.8) is 0 Å². The molecule has 0 bridgehead atoms. The maximum atomic E-state index is 12.7. The summed E-state index contributed by atoms with van der Waals surface area (Å²) in [6.45, 7) is 0. The number of alkyl halides is 3. The van der Waals surface area contributed by atoms with E-state index in [9.17, 15) is 13.2 Å². The Balaban J connectivity index is 2.06. The Morgan fingerprint density at radius 1 is 0.500 bits per heavy atom. The minimum atomic E-state index is -4.31. The Hall–Kier alpha value is -2.55. The molecule has 0 saturated heterocycles. The zero-order valence-electron chi connectivity index (χ0n) is 11.6. The lowest BCUT2D eigenvalue weighted by Crippen LogP contribution is -2.04. The minimum absolute atomic E-state index is 0.631. The molecule has 0 spiro atoms. The fourth-order valence-corrected chi connectivity index (χ4v) is 2.44. The molecule has 0 N–H and O–H groups in total. The second-order valence-electron chi connectivity index (χ2n) is 4.99. The van der Waals surface area contributed by atoms with E-state index in [0.29, 0.717) is 0 Å². The van der Waals surface area contributed by atoms with Gasteiger partial charge in [0.2, 0.25) is 0 Å². The number of benzene rings is 3. The van der Waals surface area contributed by atoms with Gasteiger partial charge in [-0.2, -0.15) is 13.2 Å². The van der Waals surface area contributed by atoms with Crippen LogP contribution in [0.4, 0.5) is 13.2 Å². The molecule has 0 heterocycles. The van der Waals surface area contributed by atoms with Crippen molar-refractivity contribution in [2.75, 3.05) is 0 Å². The van der Waals surface area contributed by atoms with Crippen molar-refractivity contribution in [1.29, 1.82) is 0 Å². The first kappa shape index (κ1) is 14.4. The molecule has 22 heavy (non-hydrogen) atoms. The van der Waals surface area contributed by atoms with Gasteiger partial charge >= 0.3 is 6.18 Å². The van der Waals surface area contributed by atoms with E-state index >= 15 is 0 Å². The molecule has 0 aliphatic rings. The molecule has 3 heteroatoms. The van der Waals surface area contributed by atoms with Crippen molar-refractivity contribution in [3.05, 3.63) is 84.4 Å². The first-order valence-corrected chi connectivity index (χ1v) is 6.88. The molecular weight excluding hydrogens is 285 g/mol. The summed E-state index contributed by atoms with van der Waals surface area (Å²) in [5.74, 6) is 0.